The lowest BCUT2D eigenvalue weighted by molar-refractivity contribution is 1.10. The number of fused-ring (bicyclic) bond motifs is 1. The van der Waals surface area contributed by atoms with Crippen LogP contribution in [0.15, 0.2) is 18.7 Å². The van der Waals surface area contributed by atoms with Gasteiger partial charge in [-0.25, -0.2) is 0 Å². The summed E-state index contributed by atoms with van der Waals surface area (Å²) in [6, 6.07) is 0. The second-order valence-corrected chi connectivity index (χ2v) is 2.26. The Morgan fingerprint density at radius 1 is 1.60 bits per heavy atom. The van der Waals surface area contributed by atoms with Crippen LogP contribution < -0.4 is 0 Å². The van der Waals surface area contributed by atoms with Crippen LogP contribution in [0.1, 0.15) is 0 Å². The van der Waals surface area contributed by atoms with Gasteiger partial charge in [-0.15, -0.1) is 10.2 Å². The molecule has 0 aliphatic rings. The molecule has 0 amide bonds. The summed E-state index contributed by atoms with van der Waals surface area (Å²) in [7, 11) is 0. The van der Waals surface area contributed by atoms with E-state index in [0.29, 0.717) is 10.3 Å². The van der Waals surface area contributed by atoms with Gasteiger partial charge in [-0.05, 0) is 0 Å². The zero-order valence-corrected chi connectivity index (χ0v) is 5.80. The lowest BCUT2D eigenvalue weighted by Crippen LogP contribution is -1.84. The summed E-state index contributed by atoms with van der Waals surface area (Å²) in [5.74, 6) is 0. The fraction of sp³-hybridized carbons (Fsp3) is 0. The molecule has 0 unspecified atom stereocenters. The summed E-state index contributed by atoms with van der Waals surface area (Å²) >= 11 is 4.93. The average molecular weight is 152 g/mol. The molecule has 0 aliphatic heterocycles. The minimum atomic E-state index is 0.611. The summed E-state index contributed by atoms with van der Waals surface area (Å²) in [5.41, 5.74) is 0.692. The predicted molar refractivity (Wildman–Crippen MR) is 38.2 cm³/mol. The molecule has 0 saturated carbocycles. The van der Waals surface area contributed by atoms with Crippen LogP contribution in [0.5, 0.6) is 0 Å². The van der Waals surface area contributed by atoms with Crippen molar-refractivity contribution in [3.05, 3.63) is 23.4 Å². The zero-order valence-electron chi connectivity index (χ0n) is 4.98. The highest BCUT2D eigenvalue weighted by Gasteiger charge is 1.92. The molecule has 10 heavy (non-hydrogen) atoms. The molecule has 0 spiro atoms. The standard InChI is InChI=1S/C5H4N4S/c10-5-4-8-7-3-9(4)2-1-6-5/h1-3H,(H,6,10). The summed E-state index contributed by atoms with van der Waals surface area (Å²) in [5, 5.41) is 7.48. The van der Waals surface area contributed by atoms with Gasteiger partial charge < -0.3 is 4.98 Å². The molecule has 0 saturated heterocycles. The minimum absolute atomic E-state index is 0.611. The second kappa shape index (κ2) is 1.88. The second-order valence-electron chi connectivity index (χ2n) is 1.85. The van der Waals surface area contributed by atoms with Crippen molar-refractivity contribution >= 4 is 17.9 Å². The average Bonchev–Trinajstić information content (AvgIpc) is 2.36. The van der Waals surface area contributed by atoms with Crippen LogP contribution in [0.3, 0.4) is 0 Å². The lowest BCUT2D eigenvalue weighted by atomic mass is 10.7. The van der Waals surface area contributed by atoms with Gasteiger partial charge in [0.15, 0.2) is 5.65 Å². The van der Waals surface area contributed by atoms with E-state index in [1.807, 2.05) is 6.20 Å². The molecule has 0 aliphatic carbocycles. The third kappa shape index (κ3) is 0.640. The van der Waals surface area contributed by atoms with Gasteiger partial charge in [-0.2, -0.15) is 0 Å². The van der Waals surface area contributed by atoms with E-state index in [1.54, 1.807) is 16.9 Å². The monoisotopic (exact) mass is 152 g/mol. The molecule has 1 N–H and O–H groups in total. The van der Waals surface area contributed by atoms with E-state index in [-0.39, 0.29) is 0 Å². The highest BCUT2D eigenvalue weighted by atomic mass is 32.1. The van der Waals surface area contributed by atoms with Crippen molar-refractivity contribution in [2.24, 2.45) is 0 Å². The van der Waals surface area contributed by atoms with E-state index < -0.39 is 0 Å². The normalized spacial score (nSPS) is 10.4. The Morgan fingerprint density at radius 2 is 2.50 bits per heavy atom. The first-order valence-electron chi connectivity index (χ1n) is 2.75. The number of nitrogens with one attached hydrogen (secondary N) is 1. The van der Waals surface area contributed by atoms with Crippen molar-refractivity contribution in [1.29, 1.82) is 0 Å². The Morgan fingerprint density at radius 3 is 3.30 bits per heavy atom. The SMILES string of the molecule is S=c1[nH]ccn2cnnc12. The molecule has 0 radical (unpaired) electrons. The van der Waals surface area contributed by atoms with Crippen molar-refractivity contribution < 1.29 is 0 Å². The van der Waals surface area contributed by atoms with Crippen LogP contribution in [0.2, 0.25) is 0 Å². The Bertz CT molecular complexity index is 401. The Hall–Kier alpha value is -1.23. The topological polar surface area (TPSA) is 46.0 Å². The van der Waals surface area contributed by atoms with E-state index in [4.69, 9.17) is 12.2 Å². The molecule has 0 atom stereocenters. The number of hydrogen-bond donors (Lipinski definition) is 1. The van der Waals surface area contributed by atoms with Crippen LogP contribution in [0, 0.1) is 4.64 Å². The van der Waals surface area contributed by atoms with Gasteiger partial charge >= 0.3 is 0 Å². The van der Waals surface area contributed by atoms with Gasteiger partial charge in [0.2, 0.25) is 0 Å². The number of rotatable bonds is 0. The lowest BCUT2D eigenvalue weighted by Gasteiger charge is -1.87. The van der Waals surface area contributed by atoms with Crippen LogP contribution in [-0.4, -0.2) is 19.6 Å². The first kappa shape index (κ1) is 5.55. The van der Waals surface area contributed by atoms with Gasteiger partial charge in [0, 0.05) is 12.4 Å². The highest BCUT2D eigenvalue weighted by molar-refractivity contribution is 7.71. The van der Waals surface area contributed by atoms with Crippen LogP contribution in [-0.2, 0) is 0 Å². The van der Waals surface area contributed by atoms with E-state index in [0.717, 1.165) is 0 Å². The maximum absolute atomic E-state index is 4.93. The van der Waals surface area contributed by atoms with Crippen molar-refractivity contribution in [2.75, 3.05) is 0 Å². The molecular weight excluding hydrogens is 148 g/mol. The summed E-state index contributed by atoms with van der Waals surface area (Å²) in [4.78, 5) is 2.85. The number of hydrogen-bond acceptors (Lipinski definition) is 3. The smallest absolute Gasteiger partial charge is 0.195 e. The summed E-state index contributed by atoms with van der Waals surface area (Å²) in [6.07, 6.45) is 5.17. The largest absolute Gasteiger partial charge is 0.348 e. The fourth-order valence-corrected chi connectivity index (χ4v) is 0.986. The molecule has 50 valence electrons. The Kier molecular flexibility index (Phi) is 1.04. The zero-order chi connectivity index (χ0) is 6.97. The molecule has 0 bridgehead atoms. The molecule has 2 rings (SSSR count). The third-order valence-electron chi connectivity index (χ3n) is 1.23. The van der Waals surface area contributed by atoms with Gasteiger partial charge in [0.25, 0.3) is 0 Å². The Balaban J connectivity index is 3.09. The van der Waals surface area contributed by atoms with E-state index >= 15 is 0 Å². The third-order valence-corrected chi connectivity index (χ3v) is 1.53. The first-order chi connectivity index (χ1) is 4.88. The number of aromatic amines is 1. The van der Waals surface area contributed by atoms with Gasteiger partial charge in [-0.3, -0.25) is 4.40 Å². The summed E-state index contributed by atoms with van der Waals surface area (Å²) < 4.78 is 2.37. The molecule has 2 aromatic rings. The fourth-order valence-electron chi connectivity index (χ4n) is 0.772. The van der Waals surface area contributed by atoms with Gasteiger partial charge in [-0.1, -0.05) is 12.2 Å². The quantitative estimate of drug-likeness (QED) is 0.567. The van der Waals surface area contributed by atoms with E-state index in [1.165, 1.54) is 0 Å². The van der Waals surface area contributed by atoms with E-state index in [9.17, 15) is 0 Å². The van der Waals surface area contributed by atoms with Gasteiger partial charge in [0.1, 0.15) is 11.0 Å². The molecular formula is C5H4N4S. The minimum Gasteiger partial charge on any atom is -0.348 e. The van der Waals surface area contributed by atoms with Crippen molar-refractivity contribution in [1.82, 2.24) is 19.6 Å². The molecule has 5 heteroatoms. The predicted octanol–water partition coefficient (Wildman–Crippen LogP) is 0.787. The Labute approximate surface area is 61.5 Å². The van der Waals surface area contributed by atoms with Crippen LogP contribution in [0.4, 0.5) is 0 Å². The summed E-state index contributed by atoms with van der Waals surface area (Å²) in [6.45, 7) is 0. The number of nitrogens with zero attached hydrogens (tertiary/aromatic N) is 3. The van der Waals surface area contributed by atoms with Crippen LogP contribution >= 0.6 is 12.2 Å². The van der Waals surface area contributed by atoms with Crippen LogP contribution in [0.25, 0.3) is 5.65 Å². The van der Waals surface area contributed by atoms with Crippen molar-refractivity contribution in [3.8, 4) is 0 Å². The number of aromatic nitrogens is 4. The van der Waals surface area contributed by atoms with Crippen molar-refractivity contribution in [2.45, 2.75) is 0 Å². The maximum atomic E-state index is 4.93. The highest BCUT2D eigenvalue weighted by Crippen LogP contribution is 1.95. The molecule has 2 aromatic heterocycles. The molecule has 0 aromatic carbocycles. The molecule has 4 nitrogen and oxygen atoms in total. The first-order valence-corrected chi connectivity index (χ1v) is 3.16. The van der Waals surface area contributed by atoms with Crippen molar-refractivity contribution in [3.63, 3.8) is 0 Å². The molecule has 0 fully saturated rings. The van der Waals surface area contributed by atoms with Gasteiger partial charge in [0.05, 0.1) is 0 Å². The maximum Gasteiger partial charge on any atom is 0.195 e. The number of H-pyrrole nitrogens is 1. The molecule has 2 heterocycles. The van der Waals surface area contributed by atoms with E-state index in [2.05, 4.69) is 15.2 Å².